The summed E-state index contributed by atoms with van der Waals surface area (Å²) in [6.45, 7) is 1.86. The van der Waals surface area contributed by atoms with Gasteiger partial charge in [-0.3, -0.25) is 9.69 Å². The third-order valence-electron chi connectivity index (χ3n) is 1.99. The van der Waals surface area contributed by atoms with Gasteiger partial charge in [-0.2, -0.15) is 0 Å². The van der Waals surface area contributed by atoms with Gasteiger partial charge in [0, 0.05) is 13.2 Å². The molecule has 0 saturated heterocycles. The first-order valence-electron chi connectivity index (χ1n) is 5.23. The maximum atomic E-state index is 11.6. The molecule has 0 fully saturated rings. The maximum Gasteiger partial charge on any atom is 0.325 e. The summed E-state index contributed by atoms with van der Waals surface area (Å²) in [6, 6.07) is 4.83. The van der Waals surface area contributed by atoms with E-state index in [1.54, 1.807) is 38.4 Å². The summed E-state index contributed by atoms with van der Waals surface area (Å²) in [4.78, 5) is 28.0. The fraction of sp³-hybridized carbons (Fsp3) is 0.364. The highest BCUT2D eigenvalue weighted by molar-refractivity contribution is 5.92. The van der Waals surface area contributed by atoms with Crippen molar-refractivity contribution < 1.29 is 14.3 Å². The van der Waals surface area contributed by atoms with E-state index in [-0.39, 0.29) is 6.54 Å². The Morgan fingerprint density at radius 3 is 2.82 bits per heavy atom. The van der Waals surface area contributed by atoms with Crippen molar-refractivity contribution in [2.24, 2.45) is 0 Å². The van der Waals surface area contributed by atoms with Crippen LogP contribution in [0.25, 0.3) is 0 Å². The lowest BCUT2D eigenvalue weighted by atomic mass is 10.4. The van der Waals surface area contributed by atoms with Crippen LogP contribution >= 0.6 is 0 Å². The van der Waals surface area contributed by atoms with Crippen LogP contribution in [0.1, 0.15) is 6.92 Å². The minimum Gasteiger partial charge on any atom is -0.465 e. The molecule has 6 nitrogen and oxygen atoms in total. The van der Waals surface area contributed by atoms with E-state index in [1.807, 2.05) is 0 Å². The van der Waals surface area contributed by atoms with Crippen LogP contribution < -0.4 is 10.2 Å². The minimum atomic E-state index is -0.463. The number of ether oxygens (including phenoxy) is 1. The molecule has 1 rings (SSSR count). The first-order chi connectivity index (χ1) is 8.15. The number of amides is 2. The number of carbonyl (C=O) groups is 2. The number of hydrogen-bond donors (Lipinski definition) is 1. The van der Waals surface area contributed by atoms with Crippen molar-refractivity contribution in [1.29, 1.82) is 0 Å². The van der Waals surface area contributed by atoms with Crippen molar-refractivity contribution in [1.82, 2.24) is 10.3 Å². The highest BCUT2D eigenvalue weighted by Gasteiger charge is 2.12. The quantitative estimate of drug-likeness (QED) is 0.786. The van der Waals surface area contributed by atoms with Gasteiger partial charge in [-0.25, -0.2) is 9.78 Å². The third kappa shape index (κ3) is 4.10. The summed E-state index contributed by atoms with van der Waals surface area (Å²) in [6.07, 6.45) is 1.59. The number of nitrogens with zero attached hydrogens (tertiary/aromatic N) is 2. The van der Waals surface area contributed by atoms with Crippen LogP contribution in [-0.2, 0) is 9.53 Å². The fourth-order valence-corrected chi connectivity index (χ4v) is 1.13. The topological polar surface area (TPSA) is 71.5 Å². The molecule has 0 bridgehead atoms. The van der Waals surface area contributed by atoms with Gasteiger partial charge < -0.3 is 10.1 Å². The lowest BCUT2D eigenvalue weighted by Crippen LogP contribution is -2.40. The Bertz CT molecular complexity index is 381. The van der Waals surface area contributed by atoms with Gasteiger partial charge in [-0.05, 0) is 19.1 Å². The fourth-order valence-electron chi connectivity index (χ4n) is 1.13. The zero-order valence-corrected chi connectivity index (χ0v) is 9.84. The molecule has 1 N–H and O–H groups in total. The molecule has 0 aliphatic carbocycles. The number of urea groups is 1. The zero-order valence-electron chi connectivity index (χ0n) is 9.84. The molecule has 92 valence electrons. The molecule has 0 unspecified atom stereocenters. The van der Waals surface area contributed by atoms with E-state index in [0.29, 0.717) is 12.4 Å². The number of carbonyl (C=O) groups excluding carboxylic acids is 2. The van der Waals surface area contributed by atoms with Crippen molar-refractivity contribution in [3.05, 3.63) is 24.4 Å². The largest absolute Gasteiger partial charge is 0.465 e. The third-order valence-corrected chi connectivity index (χ3v) is 1.99. The highest BCUT2D eigenvalue weighted by Crippen LogP contribution is 2.05. The molecule has 0 aliphatic rings. The van der Waals surface area contributed by atoms with Crippen LogP contribution in [0.4, 0.5) is 10.6 Å². The van der Waals surface area contributed by atoms with Gasteiger partial charge in [0.2, 0.25) is 0 Å². The minimum absolute atomic E-state index is 0.149. The van der Waals surface area contributed by atoms with Crippen LogP contribution in [0.3, 0.4) is 0 Å². The predicted molar refractivity (Wildman–Crippen MR) is 62.7 cm³/mol. The Labute approximate surface area is 99.6 Å². The monoisotopic (exact) mass is 237 g/mol. The smallest absolute Gasteiger partial charge is 0.325 e. The van der Waals surface area contributed by atoms with E-state index < -0.39 is 12.0 Å². The van der Waals surface area contributed by atoms with Crippen molar-refractivity contribution >= 4 is 17.8 Å². The van der Waals surface area contributed by atoms with Gasteiger partial charge in [-0.1, -0.05) is 6.07 Å². The molecule has 1 aromatic rings. The summed E-state index contributed by atoms with van der Waals surface area (Å²) in [7, 11) is 1.57. The van der Waals surface area contributed by atoms with Gasteiger partial charge in [0.15, 0.2) is 0 Å². The number of aromatic nitrogens is 1. The molecular weight excluding hydrogens is 222 g/mol. The van der Waals surface area contributed by atoms with Crippen molar-refractivity contribution in [2.45, 2.75) is 6.92 Å². The number of rotatable bonds is 4. The van der Waals surface area contributed by atoms with Gasteiger partial charge >= 0.3 is 12.0 Å². The van der Waals surface area contributed by atoms with Crippen LogP contribution in [0.5, 0.6) is 0 Å². The van der Waals surface area contributed by atoms with E-state index in [0.717, 1.165) is 0 Å². The summed E-state index contributed by atoms with van der Waals surface area (Å²) >= 11 is 0. The molecule has 0 radical (unpaired) electrons. The Hall–Kier alpha value is -2.11. The lowest BCUT2D eigenvalue weighted by molar-refractivity contribution is -0.141. The maximum absolute atomic E-state index is 11.6. The van der Waals surface area contributed by atoms with E-state index in [1.165, 1.54) is 4.90 Å². The normalized spacial score (nSPS) is 9.53. The predicted octanol–water partition coefficient (Wildman–Crippen LogP) is 0.790. The Morgan fingerprint density at radius 1 is 1.47 bits per heavy atom. The van der Waals surface area contributed by atoms with Crippen molar-refractivity contribution in [3.63, 3.8) is 0 Å². The van der Waals surface area contributed by atoms with Crippen molar-refractivity contribution in [3.8, 4) is 0 Å². The average molecular weight is 237 g/mol. The lowest BCUT2D eigenvalue weighted by Gasteiger charge is -2.16. The van der Waals surface area contributed by atoms with Crippen LogP contribution in [0.2, 0.25) is 0 Å². The number of pyridine rings is 1. The Balaban J connectivity index is 2.45. The van der Waals surface area contributed by atoms with Gasteiger partial charge in [0.1, 0.15) is 12.4 Å². The molecular formula is C11H15N3O3. The first kappa shape index (κ1) is 13.0. The summed E-state index contributed by atoms with van der Waals surface area (Å²) in [5.74, 6) is 0.0455. The molecule has 17 heavy (non-hydrogen) atoms. The second-order valence-corrected chi connectivity index (χ2v) is 3.21. The summed E-state index contributed by atoms with van der Waals surface area (Å²) < 4.78 is 4.69. The average Bonchev–Trinajstić information content (AvgIpc) is 2.36. The SMILES string of the molecule is CCOC(=O)CNC(=O)N(C)c1ccccn1. The van der Waals surface area contributed by atoms with E-state index >= 15 is 0 Å². The summed E-state index contributed by atoms with van der Waals surface area (Å²) in [5, 5.41) is 2.44. The Morgan fingerprint density at radius 2 is 2.24 bits per heavy atom. The molecule has 0 saturated carbocycles. The number of nitrogens with one attached hydrogen (secondary N) is 1. The van der Waals surface area contributed by atoms with Crippen molar-refractivity contribution in [2.75, 3.05) is 25.1 Å². The number of hydrogen-bond acceptors (Lipinski definition) is 4. The van der Waals surface area contributed by atoms with E-state index in [9.17, 15) is 9.59 Å². The molecule has 1 heterocycles. The van der Waals surface area contributed by atoms with Crippen LogP contribution in [0.15, 0.2) is 24.4 Å². The molecule has 6 heteroatoms. The van der Waals surface area contributed by atoms with Gasteiger partial charge in [0.25, 0.3) is 0 Å². The van der Waals surface area contributed by atoms with Gasteiger partial charge in [-0.15, -0.1) is 0 Å². The van der Waals surface area contributed by atoms with E-state index in [4.69, 9.17) is 0 Å². The second kappa shape index (κ2) is 6.47. The standard InChI is InChI=1S/C11H15N3O3/c1-3-17-10(15)8-13-11(16)14(2)9-6-4-5-7-12-9/h4-7H,3,8H2,1-2H3,(H,13,16). The van der Waals surface area contributed by atoms with Crippen LogP contribution in [-0.4, -0.2) is 37.2 Å². The number of esters is 1. The second-order valence-electron chi connectivity index (χ2n) is 3.21. The molecule has 0 atom stereocenters. The molecule has 0 aliphatic heterocycles. The molecule has 2 amide bonds. The molecule has 1 aromatic heterocycles. The number of anilines is 1. The molecule has 0 aromatic carbocycles. The zero-order chi connectivity index (χ0) is 12.7. The Kier molecular flexibility index (Phi) is 4.93. The van der Waals surface area contributed by atoms with Gasteiger partial charge in [0.05, 0.1) is 6.61 Å². The molecule has 0 spiro atoms. The van der Waals surface area contributed by atoms with E-state index in [2.05, 4.69) is 15.0 Å². The summed E-state index contributed by atoms with van der Waals surface area (Å²) in [5.41, 5.74) is 0. The van der Waals surface area contributed by atoms with Crippen LogP contribution in [0, 0.1) is 0 Å². The highest BCUT2D eigenvalue weighted by atomic mass is 16.5. The first-order valence-corrected chi connectivity index (χ1v) is 5.23.